The molecule has 0 aliphatic carbocycles. The van der Waals surface area contributed by atoms with Crippen LogP contribution in [0.5, 0.6) is 11.5 Å². The molecule has 0 unspecified atom stereocenters. The summed E-state index contributed by atoms with van der Waals surface area (Å²) in [4.78, 5) is 0. The topological polar surface area (TPSA) is 40.5 Å². The van der Waals surface area contributed by atoms with Crippen LogP contribution in [0, 0.1) is 0 Å². The zero-order chi connectivity index (χ0) is 14.8. The van der Waals surface area contributed by atoms with E-state index in [-0.39, 0.29) is 16.9 Å². The van der Waals surface area contributed by atoms with E-state index in [4.69, 9.17) is 0 Å². The van der Waals surface area contributed by atoms with Gasteiger partial charge in [-0.3, -0.25) is 0 Å². The van der Waals surface area contributed by atoms with Crippen LogP contribution >= 0.6 is 0 Å². The summed E-state index contributed by atoms with van der Waals surface area (Å²) in [6, 6.07) is 14.5. The SMILES string of the molecule is C=C(C)CC(C)(c1ccc(O)cc1)c1ccc(O)cc1. The van der Waals surface area contributed by atoms with Crippen LogP contribution in [0.2, 0.25) is 0 Å². The number of rotatable bonds is 4. The van der Waals surface area contributed by atoms with Gasteiger partial charge >= 0.3 is 0 Å². The summed E-state index contributed by atoms with van der Waals surface area (Å²) in [6.07, 6.45) is 0.808. The van der Waals surface area contributed by atoms with Gasteiger partial charge in [0.2, 0.25) is 0 Å². The minimum Gasteiger partial charge on any atom is -0.508 e. The second-order valence-corrected chi connectivity index (χ2v) is 5.56. The summed E-state index contributed by atoms with van der Waals surface area (Å²) in [5.74, 6) is 0.522. The third-order valence-electron chi connectivity index (χ3n) is 3.66. The van der Waals surface area contributed by atoms with Crippen molar-refractivity contribution in [2.24, 2.45) is 0 Å². The van der Waals surface area contributed by atoms with Gasteiger partial charge in [0.05, 0.1) is 0 Å². The molecule has 0 aromatic heterocycles. The molecule has 104 valence electrons. The second-order valence-electron chi connectivity index (χ2n) is 5.56. The first-order valence-corrected chi connectivity index (χ1v) is 6.65. The smallest absolute Gasteiger partial charge is 0.115 e. The van der Waals surface area contributed by atoms with Crippen molar-refractivity contribution in [2.75, 3.05) is 0 Å². The van der Waals surface area contributed by atoms with Crippen molar-refractivity contribution < 1.29 is 10.2 Å². The van der Waals surface area contributed by atoms with Gasteiger partial charge in [0, 0.05) is 5.41 Å². The molecule has 2 N–H and O–H groups in total. The first-order valence-electron chi connectivity index (χ1n) is 6.65. The summed E-state index contributed by atoms with van der Waals surface area (Å²) in [6.45, 7) is 8.19. The first-order chi connectivity index (χ1) is 9.41. The van der Waals surface area contributed by atoms with E-state index in [2.05, 4.69) is 13.5 Å². The van der Waals surface area contributed by atoms with Crippen molar-refractivity contribution in [1.29, 1.82) is 0 Å². The molecular weight excluding hydrogens is 248 g/mol. The Bertz CT molecular complexity index is 549. The van der Waals surface area contributed by atoms with Crippen LogP contribution in [0.1, 0.15) is 31.4 Å². The predicted molar refractivity (Wildman–Crippen MR) is 82.1 cm³/mol. The molecule has 0 aliphatic heterocycles. The van der Waals surface area contributed by atoms with E-state index >= 15 is 0 Å². The van der Waals surface area contributed by atoms with Gasteiger partial charge in [-0.1, -0.05) is 36.8 Å². The summed E-state index contributed by atoms with van der Waals surface area (Å²) in [7, 11) is 0. The van der Waals surface area contributed by atoms with Crippen molar-refractivity contribution in [3.63, 3.8) is 0 Å². The van der Waals surface area contributed by atoms with Crippen LogP contribution in [0.25, 0.3) is 0 Å². The molecule has 0 heterocycles. The van der Waals surface area contributed by atoms with Crippen LogP contribution < -0.4 is 0 Å². The Hall–Kier alpha value is -2.22. The van der Waals surface area contributed by atoms with E-state index in [1.54, 1.807) is 24.3 Å². The summed E-state index contributed by atoms with van der Waals surface area (Å²) >= 11 is 0. The molecule has 2 aromatic rings. The highest BCUT2D eigenvalue weighted by Gasteiger charge is 2.28. The predicted octanol–water partition coefficient (Wildman–Crippen LogP) is 4.37. The Morgan fingerprint density at radius 3 is 1.55 bits per heavy atom. The zero-order valence-corrected chi connectivity index (χ0v) is 11.9. The molecule has 0 bridgehead atoms. The Morgan fingerprint density at radius 2 is 1.25 bits per heavy atom. The fraction of sp³-hybridized carbons (Fsp3) is 0.222. The van der Waals surface area contributed by atoms with E-state index < -0.39 is 0 Å². The van der Waals surface area contributed by atoms with Crippen molar-refractivity contribution in [3.05, 3.63) is 71.8 Å². The molecule has 0 radical (unpaired) electrons. The molecular formula is C18H20O2. The average molecular weight is 268 g/mol. The van der Waals surface area contributed by atoms with E-state index in [9.17, 15) is 10.2 Å². The zero-order valence-electron chi connectivity index (χ0n) is 11.9. The van der Waals surface area contributed by atoms with Gasteiger partial charge in [-0.25, -0.2) is 0 Å². The highest BCUT2D eigenvalue weighted by atomic mass is 16.3. The number of benzene rings is 2. The molecule has 2 nitrogen and oxygen atoms in total. The maximum Gasteiger partial charge on any atom is 0.115 e. The Kier molecular flexibility index (Phi) is 3.84. The van der Waals surface area contributed by atoms with Crippen molar-refractivity contribution >= 4 is 0 Å². The minimum absolute atomic E-state index is 0.229. The van der Waals surface area contributed by atoms with Crippen molar-refractivity contribution in [1.82, 2.24) is 0 Å². The monoisotopic (exact) mass is 268 g/mol. The highest BCUT2D eigenvalue weighted by Crippen LogP contribution is 2.38. The lowest BCUT2D eigenvalue weighted by Crippen LogP contribution is -2.23. The van der Waals surface area contributed by atoms with Crippen molar-refractivity contribution in [3.8, 4) is 11.5 Å². The minimum atomic E-state index is -0.229. The fourth-order valence-electron chi connectivity index (χ4n) is 2.63. The number of hydrogen-bond acceptors (Lipinski definition) is 2. The number of phenols is 2. The van der Waals surface area contributed by atoms with Gasteiger partial charge in [-0.2, -0.15) is 0 Å². The summed E-state index contributed by atoms with van der Waals surface area (Å²) in [5.41, 5.74) is 3.09. The van der Waals surface area contributed by atoms with E-state index in [0.717, 1.165) is 23.1 Å². The molecule has 0 saturated heterocycles. The normalized spacial score (nSPS) is 11.3. The van der Waals surface area contributed by atoms with Gasteiger partial charge < -0.3 is 10.2 Å². The molecule has 0 atom stereocenters. The summed E-state index contributed by atoms with van der Waals surface area (Å²) in [5, 5.41) is 18.9. The maximum absolute atomic E-state index is 9.46. The molecule has 0 fully saturated rings. The molecule has 2 heteroatoms. The fourth-order valence-corrected chi connectivity index (χ4v) is 2.63. The first kappa shape index (κ1) is 14.2. The third-order valence-corrected chi connectivity index (χ3v) is 3.66. The lowest BCUT2D eigenvalue weighted by molar-refractivity contribution is 0.473. The van der Waals surface area contributed by atoms with Gasteiger partial charge in [0.15, 0.2) is 0 Å². The van der Waals surface area contributed by atoms with Crippen LogP contribution in [-0.4, -0.2) is 10.2 Å². The molecule has 0 spiro atoms. The highest BCUT2D eigenvalue weighted by molar-refractivity contribution is 5.43. The van der Waals surface area contributed by atoms with Crippen LogP contribution in [-0.2, 0) is 5.41 Å². The number of aromatic hydroxyl groups is 2. The Balaban J connectivity index is 2.52. The average Bonchev–Trinajstić information content (AvgIpc) is 2.39. The van der Waals surface area contributed by atoms with Crippen LogP contribution in [0.4, 0.5) is 0 Å². The number of allylic oxidation sites excluding steroid dienone is 1. The quantitative estimate of drug-likeness (QED) is 0.808. The molecule has 2 aromatic carbocycles. The third kappa shape index (κ3) is 2.85. The van der Waals surface area contributed by atoms with Gasteiger partial charge in [-0.05, 0) is 48.7 Å². The molecule has 2 rings (SSSR count). The number of hydrogen-bond donors (Lipinski definition) is 2. The molecule has 0 saturated carbocycles. The summed E-state index contributed by atoms with van der Waals surface area (Å²) < 4.78 is 0. The molecule has 0 amide bonds. The Morgan fingerprint density at radius 1 is 0.900 bits per heavy atom. The Labute approximate surface area is 120 Å². The lowest BCUT2D eigenvalue weighted by atomic mass is 9.72. The van der Waals surface area contributed by atoms with E-state index in [1.165, 1.54) is 0 Å². The van der Waals surface area contributed by atoms with Crippen LogP contribution in [0.3, 0.4) is 0 Å². The molecule has 20 heavy (non-hydrogen) atoms. The van der Waals surface area contributed by atoms with Gasteiger partial charge in [0.25, 0.3) is 0 Å². The lowest BCUT2D eigenvalue weighted by Gasteiger charge is -2.31. The van der Waals surface area contributed by atoms with Gasteiger partial charge in [0.1, 0.15) is 11.5 Å². The largest absolute Gasteiger partial charge is 0.508 e. The van der Waals surface area contributed by atoms with Crippen molar-refractivity contribution in [2.45, 2.75) is 25.7 Å². The van der Waals surface area contributed by atoms with E-state index in [1.807, 2.05) is 31.2 Å². The second kappa shape index (κ2) is 5.41. The standard InChI is InChI=1S/C18H20O2/c1-13(2)12-18(3,14-4-8-16(19)9-5-14)15-6-10-17(20)11-7-15/h4-11,19-20H,1,12H2,2-3H3. The van der Waals surface area contributed by atoms with E-state index in [0.29, 0.717) is 0 Å². The van der Waals surface area contributed by atoms with Crippen LogP contribution in [0.15, 0.2) is 60.7 Å². The molecule has 0 aliphatic rings. The number of phenolic OH excluding ortho intramolecular Hbond substituents is 2. The maximum atomic E-state index is 9.46. The van der Waals surface area contributed by atoms with Gasteiger partial charge in [-0.15, -0.1) is 6.58 Å².